The van der Waals surface area contributed by atoms with Crippen LogP contribution in [0.2, 0.25) is 5.02 Å². The molecule has 2 aromatic rings. The van der Waals surface area contributed by atoms with E-state index in [4.69, 9.17) is 26.8 Å². The second-order valence-electron chi connectivity index (χ2n) is 3.84. The molecular weight excluding hydrogens is 266 g/mol. The topological polar surface area (TPSA) is 70.3 Å². The molecule has 2 N–H and O–H groups in total. The van der Waals surface area contributed by atoms with E-state index in [1.807, 2.05) is 19.9 Å². The quantitative estimate of drug-likeness (QED) is 0.930. The zero-order chi connectivity index (χ0) is 13.8. The fraction of sp³-hybridized carbons (Fsp3) is 0.231. The van der Waals surface area contributed by atoms with Gasteiger partial charge in [0.15, 0.2) is 5.69 Å². The second kappa shape index (κ2) is 5.75. The number of aryl methyl sites for hydroxylation is 1. The largest absolute Gasteiger partial charge is 0.476 e. The summed E-state index contributed by atoms with van der Waals surface area (Å²) < 4.78 is 10.9. The van der Waals surface area contributed by atoms with Crippen LogP contribution in [0.5, 0.6) is 17.5 Å². The van der Waals surface area contributed by atoms with Gasteiger partial charge in [-0.3, -0.25) is 0 Å². The number of aromatic nitrogens is 2. The molecular formula is C13H14ClN3O2. The standard InChI is InChI=1S/C13H14ClN3O2/c1-3-18-12-11(15)13(17-7-16-12)19-9-4-5-10(14)8(2)6-9/h4-7H,3,15H2,1-2H3. The first kappa shape index (κ1) is 13.4. The van der Waals surface area contributed by atoms with Crippen molar-refractivity contribution in [2.24, 2.45) is 0 Å². The minimum atomic E-state index is 0.264. The van der Waals surface area contributed by atoms with Crippen molar-refractivity contribution >= 4 is 17.3 Å². The van der Waals surface area contributed by atoms with Crippen LogP contribution in [0.25, 0.3) is 0 Å². The first-order chi connectivity index (χ1) is 9.11. The van der Waals surface area contributed by atoms with E-state index in [1.54, 1.807) is 12.1 Å². The highest BCUT2D eigenvalue weighted by Crippen LogP contribution is 2.31. The molecule has 2 rings (SSSR count). The van der Waals surface area contributed by atoms with Gasteiger partial charge in [0.2, 0.25) is 11.8 Å². The number of nitrogens with two attached hydrogens (primary N) is 1. The lowest BCUT2D eigenvalue weighted by molar-refractivity contribution is 0.325. The lowest BCUT2D eigenvalue weighted by Crippen LogP contribution is -2.03. The van der Waals surface area contributed by atoms with Gasteiger partial charge < -0.3 is 15.2 Å². The number of hydrogen-bond acceptors (Lipinski definition) is 5. The maximum Gasteiger partial charge on any atom is 0.249 e. The summed E-state index contributed by atoms with van der Waals surface area (Å²) in [5, 5.41) is 0.679. The number of rotatable bonds is 4. The van der Waals surface area contributed by atoms with Crippen LogP contribution in [0.1, 0.15) is 12.5 Å². The van der Waals surface area contributed by atoms with Crippen molar-refractivity contribution in [3.63, 3.8) is 0 Å². The summed E-state index contributed by atoms with van der Waals surface area (Å²) in [6.07, 6.45) is 1.35. The molecule has 1 aromatic heterocycles. The number of nitrogen functional groups attached to an aromatic ring is 1. The average molecular weight is 280 g/mol. The van der Waals surface area contributed by atoms with Crippen LogP contribution in [0.3, 0.4) is 0 Å². The molecule has 0 unspecified atom stereocenters. The molecule has 0 bridgehead atoms. The summed E-state index contributed by atoms with van der Waals surface area (Å²) in [6.45, 7) is 4.22. The Morgan fingerprint density at radius 1 is 1.26 bits per heavy atom. The van der Waals surface area contributed by atoms with Gasteiger partial charge in [-0.25, -0.2) is 0 Å². The van der Waals surface area contributed by atoms with Crippen LogP contribution < -0.4 is 15.2 Å². The van der Waals surface area contributed by atoms with Crippen molar-refractivity contribution in [2.45, 2.75) is 13.8 Å². The predicted molar refractivity (Wildman–Crippen MR) is 73.9 cm³/mol. The van der Waals surface area contributed by atoms with E-state index in [0.29, 0.717) is 23.3 Å². The van der Waals surface area contributed by atoms with E-state index in [9.17, 15) is 0 Å². The Hall–Kier alpha value is -2.01. The number of ether oxygens (including phenoxy) is 2. The van der Waals surface area contributed by atoms with Crippen molar-refractivity contribution in [3.05, 3.63) is 35.1 Å². The van der Waals surface area contributed by atoms with Crippen LogP contribution in [0.15, 0.2) is 24.5 Å². The third kappa shape index (κ3) is 3.06. The van der Waals surface area contributed by atoms with Crippen molar-refractivity contribution in [3.8, 4) is 17.5 Å². The molecule has 0 aliphatic carbocycles. The Labute approximate surface area is 116 Å². The third-order valence-corrected chi connectivity index (χ3v) is 2.86. The number of hydrogen-bond donors (Lipinski definition) is 1. The van der Waals surface area contributed by atoms with E-state index in [2.05, 4.69) is 9.97 Å². The highest BCUT2D eigenvalue weighted by atomic mass is 35.5. The van der Waals surface area contributed by atoms with Crippen LogP contribution in [0, 0.1) is 6.92 Å². The normalized spacial score (nSPS) is 10.3. The summed E-state index contributed by atoms with van der Waals surface area (Å²) in [5.74, 6) is 1.19. The van der Waals surface area contributed by atoms with Crippen molar-refractivity contribution in [1.29, 1.82) is 0 Å². The van der Waals surface area contributed by atoms with Crippen molar-refractivity contribution < 1.29 is 9.47 Å². The number of halogens is 1. The van der Waals surface area contributed by atoms with E-state index >= 15 is 0 Å². The van der Waals surface area contributed by atoms with Crippen molar-refractivity contribution in [1.82, 2.24) is 9.97 Å². The molecule has 1 aromatic carbocycles. The molecule has 1 heterocycles. The van der Waals surface area contributed by atoms with Gasteiger partial charge in [0.1, 0.15) is 12.1 Å². The SMILES string of the molecule is CCOc1ncnc(Oc2ccc(Cl)c(C)c2)c1N. The van der Waals surface area contributed by atoms with Gasteiger partial charge >= 0.3 is 0 Å². The third-order valence-electron chi connectivity index (χ3n) is 2.44. The van der Waals surface area contributed by atoms with E-state index < -0.39 is 0 Å². The molecule has 0 atom stereocenters. The molecule has 19 heavy (non-hydrogen) atoms. The lowest BCUT2D eigenvalue weighted by atomic mass is 10.2. The van der Waals surface area contributed by atoms with Crippen LogP contribution >= 0.6 is 11.6 Å². The Morgan fingerprint density at radius 3 is 2.68 bits per heavy atom. The fourth-order valence-electron chi connectivity index (χ4n) is 1.49. The summed E-state index contributed by atoms with van der Waals surface area (Å²) in [7, 11) is 0. The highest BCUT2D eigenvalue weighted by molar-refractivity contribution is 6.31. The Morgan fingerprint density at radius 2 is 2.00 bits per heavy atom. The van der Waals surface area contributed by atoms with E-state index in [1.165, 1.54) is 6.33 Å². The van der Waals surface area contributed by atoms with E-state index in [-0.39, 0.29) is 11.6 Å². The van der Waals surface area contributed by atoms with Gasteiger partial charge in [-0.15, -0.1) is 0 Å². The summed E-state index contributed by atoms with van der Waals surface area (Å²) in [6, 6.07) is 5.31. The number of nitrogens with zero attached hydrogens (tertiary/aromatic N) is 2. The van der Waals surface area contributed by atoms with Gasteiger partial charge in [0.05, 0.1) is 6.61 Å². The van der Waals surface area contributed by atoms with Gasteiger partial charge in [-0.05, 0) is 37.6 Å². The van der Waals surface area contributed by atoms with Gasteiger partial charge in [-0.1, -0.05) is 11.6 Å². The first-order valence-corrected chi connectivity index (χ1v) is 6.17. The summed E-state index contributed by atoms with van der Waals surface area (Å²) in [5.41, 5.74) is 7.07. The Kier molecular flexibility index (Phi) is 4.06. The molecule has 0 aliphatic rings. The zero-order valence-electron chi connectivity index (χ0n) is 10.7. The monoisotopic (exact) mass is 279 g/mol. The minimum Gasteiger partial charge on any atom is -0.476 e. The number of benzene rings is 1. The second-order valence-corrected chi connectivity index (χ2v) is 4.25. The molecule has 0 radical (unpaired) electrons. The molecule has 0 saturated heterocycles. The minimum absolute atomic E-state index is 0.264. The van der Waals surface area contributed by atoms with E-state index in [0.717, 1.165) is 5.56 Å². The predicted octanol–water partition coefficient (Wildman–Crippen LogP) is 3.21. The smallest absolute Gasteiger partial charge is 0.249 e. The van der Waals surface area contributed by atoms with Gasteiger partial charge in [0, 0.05) is 5.02 Å². The van der Waals surface area contributed by atoms with Crippen LogP contribution in [-0.2, 0) is 0 Å². The lowest BCUT2D eigenvalue weighted by Gasteiger charge is -2.10. The van der Waals surface area contributed by atoms with Crippen LogP contribution in [0.4, 0.5) is 5.69 Å². The van der Waals surface area contributed by atoms with Gasteiger partial charge in [0.25, 0.3) is 0 Å². The van der Waals surface area contributed by atoms with Crippen molar-refractivity contribution in [2.75, 3.05) is 12.3 Å². The highest BCUT2D eigenvalue weighted by Gasteiger charge is 2.11. The molecule has 0 aliphatic heterocycles. The average Bonchev–Trinajstić information content (AvgIpc) is 2.39. The van der Waals surface area contributed by atoms with Gasteiger partial charge in [-0.2, -0.15) is 9.97 Å². The fourth-order valence-corrected chi connectivity index (χ4v) is 1.61. The van der Waals surface area contributed by atoms with Crippen LogP contribution in [-0.4, -0.2) is 16.6 Å². The molecule has 0 saturated carbocycles. The molecule has 0 fully saturated rings. The Bertz CT molecular complexity index is 590. The molecule has 0 amide bonds. The zero-order valence-corrected chi connectivity index (χ0v) is 11.4. The molecule has 6 heteroatoms. The first-order valence-electron chi connectivity index (χ1n) is 5.79. The number of anilines is 1. The maximum atomic E-state index is 5.96. The molecule has 0 spiro atoms. The molecule has 100 valence electrons. The molecule has 5 nitrogen and oxygen atoms in total. The summed E-state index contributed by atoms with van der Waals surface area (Å²) >= 11 is 5.96. The maximum absolute atomic E-state index is 5.96. The Balaban J connectivity index is 2.27. The summed E-state index contributed by atoms with van der Waals surface area (Å²) in [4.78, 5) is 7.94.